The number of hydrogen-bond donors (Lipinski definition) is 3. The van der Waals surface area contributed by atoms with Crippen molar-refractivity contribution in [3.63, 3.8) is 0 Å². The number of hydrogen-bond acceptors (Lipinski definition) is 6. The van der Waals surface area contributed by atoms with E-state index >= 15 is 0 Å². The third-order valence-corrected chi connectivity index (χ3v) is 7.19. The van der Waals surface area contributed by atoms with E-state index in [1.807, 2.05) is 0 Å². The Bertz CT molecular complexity index is 1200. The van der Waals surface area contributed by atoms with E-state index in [0.717, 1.165) is 0 Å². The van der Waals surface area contributed by atoms with E-state index < -0.39 is 27.6 Å². The summed E-state index contributed by atoms with van der Waals surface area (Å²) in [5.41, 5.74) is 0.432. The van der Waals surface area contributed by atoms with Crippen LogP contribution in [0.3, 0.4) is 0 Å². The number of fused-ring (bicyclic) bond motifs is 1. The van der Waals surface area contributed by atoms with Gasteiger partial charge in [-0.15, -0.1) is 0 Å². The maximum Gasteiger partial charge on any atom is 0.256 e. The summed E-state index contributed by atoms with van der Waals surface area (Å²) in [5.74, 6) is 0.0994. The fourth-order valence-corrected chi connectivity index (χ4v) is 5.27. The number of sulfonamides is 1. The van der Waals surface area contributed by atoms with Crippen LogP contribution in [0, 0.1) is 23.7 Å². The molecule has 0 bridgehead atoms. The Morgan fingerprint density at radius 1 is 1.42 bits per heavy atom. The predicted octanol–water partition coefficient (Wildman–Crippen LogP) is 1.74. The van der Waals surface area contributed by atoms with Gasteiger partial charge in [-0.25, -0.2) is 13.1 Å². The van der Waals surface area contributed by atoms with Crippen molar-refractivity contribution in [2.45, 2.75) is 31.0 Å². The van der Waals surface area contributed by atoms with Gasteiger partial charge in [0.1, 0.15) is 23.5 Å². The first-order valence-corrected chi connectivity index (χ1v) is 11.4. The molecule has 3 heterocycles. The van der Waals surface area contributed by atoms with Gasteiger partial charge < -0.3 is 19.7 Å². The van der Waals surface area contributed by atoms with Crippen molar-refractivity contribution in [3.05, 3.63) is 46.1 Å². The summed E-state index contributed by atoms with van der Waals surface area (Å²) in [4.78, 5) is 16.9. The third-order valence-electron chi connectivity index (χ3n) is 5.54. The highest BCUT2D eigenvalue weighted by molar-refractivity contribution is 7.89. The Hall–Kier alpha value is -2.58. The monoisotopic (exact) mass is 464 g/mol. The summed E-state index contributed by atoms with van der Waals surface area (Å²) in [6.07, 6.45) is -1.15. The molecular formula is C20H21ClN4O5S. The summed E-state index contributed by atoms with van der Waals surface area (Å²) in [6, 6.07) is 7.26. The van der Waals surface area contributed by atoms with Crippen molar-refractivity contribution in [1.82, 2.24) is 14.6 Å². The van der Waals surface area contributed by atoms with E-state index in [-0.39, 0.29) is 23.1 Å². The normalized spacial score (nSPS) is 22.1. The molecule has 1 fully saturated rings. The van der Waals surface area contributed by atoms with Gasteiger partial charge in [0, 0.05) is 29.4 Å². The molecule has 164 valence electrons. The number of nitrogens with one attached hydrogen (secondary N) is 2. The van der Waals surface area contributed by atoms with Gasteiger partial charge in [-0.3, -0.25) is 4.79 Å². The first kappa shape index (κ1) is 21.6. The van der Waals surface area contributed by atoms with E-state index in [4.69, 9.17) is 21.6 Å². The minimum absolute atomic E-state index is 0.0684. The maximum absolute atomic E-state index is 12.9. The number of nitrogens with zero attached hydrogens (tertiary/aromatic N) is 2. The second kappa shape index (κ2) is 7.53. The van der Waals surface area contributed by atoms with Crippen molar-refractivity contribution in [2.24, 2.45) is 5.41 Å². The van der Waals surface area contributed by atoms with Crippen LogP contribution in [0.1, 0.15) is 34.6 Å². The molecule has 2 aliphatic rings. The van der Waals surface area contributed by atoms with Gasteiger partial charge in [0.05, 0.1) is 23.1 Å². The summed E-state index contributed by atoms with van der Waals surface area (Å²) in [5, 5.41) is 19.9. The zero-order valence-corrected chi connectivity index (χ0v) is 18.4. The largest absolute Gasteiger partial charge is 0.491 e. The molecule has 0 saturated carbocycles. The molecule has 31 heavy (non-hydrogen) atoms. The molecule has 1 amide bonds. The molecule has 1 saturated heterocycles. The van der Waals surface area contributed by atoms with Crippen LogP contribution in [0.5, 0.6) is 5.75 Å². The molecule has 1 aromatic carbocycles. The first-order valence-electron chi connectivity index (χ1n) is 9.56. The first-order chi connectivity index (χ1) is 14.5. The Labute approximate surface area is 184 Å². The minimum atomic E-state index is -4.08. The molecule has 2 atom stereocenters. The molecule has 1 aromatic heterocycles. The van der Waals surface area contributed by atoms with Crippen molar-refractivity contribution >= 4 is 27.5 Å². The average Bonchev–Trinajstić information content (AvgIpc) is 3.10. The average molecular weight is 465 g/mol. The second-order valence-corrected chi connectivity index (χ2v) is 10.3. The molecule has 0 radical (unpaired) electrons. The van der Waals surface area contributed by atoms with Crippen molar-refractivity contribution in [2.75, 3.05) is 19.7 Å². The molecule has 0 spiro atoms. The summed E-state index contributed by atoms with van der Waals surface area (Å²) in [7, 11) is -4.08. The fraction of sp³-hybridized carbons (Fsp3) is 0.400. The number of ether oxygens (including phenoxy) is 1. The van der Waals surface area contributed by atoms with E-state index in [1.165, 1.54) is 17.0 Å². The molecule has 3 N–H and O–H groups in total. The van der Waals surface area contributed by atoms with Gasteiger partial charge in [0.2, 0.25) is 0 Å². The van der Waals surface area contributed by atoms with Crippen LogP contribution in [0.15, 0.2) is 29.3 Å². The van der Waals surface area contributed by atoms with Gasteiger partial charge in [-0.1, -0.05) is 11.6 Å². The molecule has 11 heteroatoms. The topological polar surface area (TPSA) is 136 Å². The molecule has 0 aliphatic carbocycles. The lowest BCUT2D eigenvalue weighted by Crippen LogP contribution is -2.56. The van der Waals surface area contributed by atoms with Crippen LogP contribution in [0.25, 0.3) is 0 Å². The molecule has 2 aliphatic heterocycles. The van der Waals surface area contributed by atoms with E-state index in [9.17, 15) is 18.3 Å². The third kappa shape index (κ3) is 3.90. The number of amides is 1. The van der Waals surface area contributed by atoms with Gasteiger partial charge in [-0.2, -0.15) is 5.26 Å². The Kier molecular flexibility index (Phi) is 5.26. The lowest BCUT2D eigenvalue weighted by molar-refractivity contribution is 0.0368. The number of aryl methyl sites for hydroxylation is 1. The number of aliphatic hydroxyl groups excluding tert-OH is 1. The number of aromatic amines is 1. The van der Waals surface area contributed by atoms with E-state index in [1.54, 1.807) is 26.0 Å². The van der Waals surface area contributed by atoms with Crippen LogP contribution in [-0.2, 0) is 10.0 Å². The molecule has 4 rings (SSSR count). The number of likely N-dealkylation sites (tertiary alicyclic amines) is 1. The highest BCUT2D eigenvalue weighted by Gasteiger charge is 2.42. The molecule has 2 aromatic rings. The summed E-state index contributed by atoms with van der Waals surface area (Å²) < 4.78 is 33.8. The maximum atomic E-state index is 12.9. The van der Waals surface area contributed by atoms with Gasteiger partial charge >= 0.3 is 0 Å². The smallest absolute Gasteiger partial charge is 0.256 e. The van der Waals surface area contributed by atoms with Crippen LogP contribution < -0.4 is 9.46 Å². The van der Waals surface area contributed by atoms with Crippen LogP contribution in [0.4, 0.5) is 0 Å². The van der Waals surface area contributed by atoms with Crippen LogP contribution in [0.2, 0.25) is 5.02 Å². The lowest BCUT2D eigenvalue weighted by atomic mass is 9.83. The summed E-state index contributed by atoms with van der Waals surface area (Å²) >= 11 is 5.97. The number of benzene rings is 1. The van der Waals surface area contributed by atoms with Gasteiger partial charge in [-0.05, 0) is 38.1 Å². The van der Waals surface area contributed by atoms with Crippen molar-refractivity contribution < 1.29 is 23.1 Å². The number of carbonyl (C=O) groups excluding carboxylic acids is 1. The van der Waals surface area contributed by atoms with Crippen molar-refractivity contribution in [1.29, 1.82) is 5.26 Å². The highest BCUT2D eigenvalue weighted by atomic mass is 35.5. The summed E-state index contributed by atoms with van der Waals surface area (Å²) in [6.45, 7) is 3.89. The number of aliphatic hydroxyl groups is 1. The predicted molar refractivity (Wildman–Crippen MR) is 111 cm³/mol. The van der Waals surface area contributed by atoms with E-state index in [2.05, 4.69) is 15.8 Å². The SMILES string of the molecule is Cc1[nH]c(S(=O)(=O)NC2COc3ccc(Cl)cc3C2O)cc1C(=O)N1CC(C)(C#N)C1. The number of nitriles is 1. The number of rotatable bonds is 4. The molecule has 9 nitrogen and oxygen atoms in total. The zero-order valence-electron chi connectivity index (χ0n) is 16.8. The standard InChI is InChI=1S/C20H21ClN4O5S/c1-11-13(19(27)25-9-20(2,8-22)10-25)6-17(23-11)31(28,29)24-15-7-30-16-4-3-12(21)5-14(16)18(15)26/h3-6,15,18,23-24,26H,7,9-10H2,1-2H3. The van der Waals surface area contributed by atoms with Gasteiger partial charge in [0.25, 0.3) is 15.9 Å². The van der Waals surface area contributed by atoms with Crippen molar-refractivity contribution in [3.8, 4) is 11.8 Å². The Balaban J connectivity index is 1.52. The lowest BCUT2D eigenvalue weighted by Gasteiger charge is -2.43. The zero-order chi connectivity index (χ0) is 22.6. The number of halogens is 1. The molecule has 2 unspecified atom stereocenters. The highest BCUT2D eigenvalue weighted by Crippen LogP contribution is 2.35. The number of H-pyrrole nitrogens is 1. The fourth-order valence-electron chi connectivity index (χ4n) is 3.81. The second-order valence-electron chi connectivity index (χ2n) is 8.17. The van der Waals surface area contributed by atoms with E-state index in [0.29, 0.717) is 35.1 Å². The van der Waals surface area contributed by atoms with Crippen LogP contribution >= 0.6 is 11.6 Å². The molecular weight excluding hydrogens is 444 g/mol. The quantitative estimate of drug-likeness (QED) is 0.630. The van der Waals surface area contributed by atoms with Gasteiger partial charge in [0.15, 0.2) is 0 Å². The van der Waals surface area contributed by atoms with Crippen LogP contribution in [-0.4, -0.2) is 55.1 Å². The Morgan fingerprint density at radius 2 is 2.13 bits per heavy atom. The number of aromatic nitrogens is 1. The minimum Gasteiger partial charge on any atom is -0.491 e. The number of carbonyl (C=O) groups is 1. The Morgan fingerprint density at radius 3 is 2.81 bits per heavy atom.